The van der Waals surface area contributed by atoms with E-state index in [1.807, 2.05) is 0 Å². The Bertz CT molecular complexity index is 741. The molecule has 1 aromatic carbocycles. The zero-order chi connectivity index (χ0) is 20.2. The zero-order valence-electron chi connectivity index (χ0n) is 17.3. The van der Waals surface area contributed by atoms with E-state index in [2.05, 4.69) is 33.0 Å². The summed E-state index contributed by atoms with van der Waals surface area (Å²) in [7, 11) is -3.58. The second-order valence-corrected chi connectivity index (χ2v) is 10.2. The van der Waals surface area contributed by atoms with Gasteiger partial charge in [0.05, 0.1) is 4.90 Å². The Labute approximate surface area is 164 Å². The van der Waals surface area contributed by atoms with Gasteiger partial charge in [-0.25, -0.2) is 8.42 Å². The lowest BCUT2D eigenvalue weighted by atomic mass is 9.93. The minimum Gasteiger partial charge on any atom is -0.349 e. The molecule has 0 aliphatic carbocycles. The molecule has 1 saturated heterocycles. The van der Waals surface area contributed by atoms with Gasteiger partial charge in [-0.3, -0.25) is 4.79 Å². The summed E-state index contributed by atoms with van der Waals surface area (Å²) in [4.78, 5) is 13.0. The third-order valence-corrected chi connectivity index (χ3v) is 7.41. The van der Waals surface area contributed by atoms with Crippen LogP contribution in [0.15, 0.2) is 23.1 Å². The first-order valence-corrected chi connectivity index (χ1v) is 11.5. The van der Waals surface area contributed by atoms with Crippen LogP contribution in [0.5, 0.6) is 0 Å². The number of benzene rings is 1. The van der Waals surface area contributed by atoms with Gasteiger partial charge in [0.15, 0.2) is 0 Å². The fraction of sp³-hybridized carbons (Fsp3) is 0.667. The highest BCUT2D eigenvalue weighted by Crippen LogP contribution is 2.24. The van der Waals surface area contributed by atoms with Crippen LogP contribution in [0.2, 0.25) is 0 Å². The summed E-state index contributed by atoms with van der Waals surface area (Å²) >= 11 is 0. The maximum Gasteiger partial charge on any atom is 0.251 e. The number of amides is 1. The summed E-state index contributed by atoms with van der Waals surface area (Å²) in [5, 5.41) is 3.07. The molecule has 152 valence electrons. The van der Waals surface area contributed by atoms with Gasteiger partial charge in [-0.05, 0) is 49.3 Å². The molecule has 1 amide bonds. The molecule has 1 heterocycles. The molecule has 0 spiro atoms. The highest BCUT2D eigenvalue weighted by molar-refractivity contribution is 7.89. The molecule has 5 nitrogen and oxygen atoms in total. The third-order valence-electron chi connectivity index (χ3n) is 5.37. The largest absolute Gasteiger partial charge is 0.349 e. The number of carbonyl (C=O) groups excluding carboxylic acids is 1. The smallest absolute Gasteiger partial charge is 0.251 e. The highest BCUT2D eigenvalue weighted by Gasteiger charge is 2.28. The Hall–Kier alpha value is -1.40. The lowest BCUT2D eigenvalue weighted by Crippen LogP contribution is -2.42. The fourth-order valence-electron chi connectivity index (χ4n) is 3.78. The number of rotatable bonds is 6. The van der Waals surface area contributed by atoms with Crippen LogP contribution >= 0.6 is 0 Å². The Morgan fingerprint density at radius 3 is 2.07 bits per heavy atom. The van der Waals surface area contributed by atoms with Gasteiger partial charge in [-0.15, -0.1) is 0 Å². The van der Waals surface area contributed by atoms with Crippen molar-refractivity contribution in [2.24, 2.45) is 11.8 Å². The van der Waals surface area contributed by atoms with Gasteiger partial charge in [0.2, 0.25) is 10.0 Å². The van der Waals surface area contributed by atoms with Crippen LogP contribution < -0.4 is 5.32 Å². The molecule has 0 radical (unpaired) electrons. The molecule has 1 aromatic rings. The Balaban J connectivity index is 2.31. The zero-order valence-corrected chi connectivity index (χ0v) is 18.1. The lowest BCUT2D eigenvalue weighted by molar-refractivity contribution is 0.0910. The van der Waals surface area contributed by atoms with Gasteiger partial charge in [0.25, 0.3) is 5.91 Å². The maximum atomic E-state index is 13.2. The average Bonchev–Trinajstić information content (AvgIpc) is 2.89. The first kappa shape index (κ1) is 21.9. The molecule has 0 saturated carbocycles. The number of carbonyl (C=O) groups is 1. The van der Waals surface area contributed by atoms with Gasteiger partial charge >= 0.3 is 0 Å². The molecule has 6 heteroatoms. The van der Waals surface area contributed by atoms with E-state index in [4.69, 9.17) is 0 Å². The molecule has 1 N–H and O–H groups in total. The van der Waals surface area contributed by atoms with Crippen LogP contribution in [0.1, 0.15) is 69.3 Å². The first-order chi connectivity index (χ1) is 12.6. The SMILES string of the molecule is Cc1ccc(C(=O)NC(C(C)C)C(C)C)cc1S(=O)(=O)N1CCCCCC1. The lowest BCUT2D eigenvalue weighted by Gasteiger charge is -2.26. The molecule has 0 bridgehead atoms. The van der Waals surface area contributed by atoms with Crippen molar-refractivity contribution in [3.63, 3.8) is 0 Å². The number of nitrogens with zero attached hydrogens (tertiary/aromatic N) is 1. The number of nitrogens with one attached hydrogen (secondary N) is 1. The van der Waals surface area contributed by atoms with Crippen molar-refractivity contribution in [3.8, 4) is 0 Å². The summed E-state index contributed by atoms with van der Waals surface area (Å²) in [6.07, 6.45) is 3.92. The van der Waals surface area contributed by atoms with Crippen LogP contribution in [0.4, 0.5) is 0 Å². The second-order valence-electron chi connectivity index (χ2n) is 8.29. The number of aryl methyl sites for hydroxylation is 1. The molecule has 1 aliphatic rings. The Morgan fingerprint density at radius 1 is 1.00 bits per heavy atom. The summed E-state index contributed by atoms with van der Waals surface area (Å²) in [5.74, 6) is 0.397. The molecule has 0 atom stereocenters. The molecule has 0 unspecified atom stereocenters. The summed E-state index contributed by atoms with van der Waals surface area (Å²) in [6, 6.07) is 5.04. The van der Waals surface area contributed by atoms with Gasteiger partial charge in [0.1, 0.15) is 0 Å². The second kappa shape index (κ2) is 9.20. The number of sulfonamides is 1. The predicted octanol–water partition coefficient (Wildman–Crippen LogP) is 3.97. The predicted molar refractivity (Wildman–Crippen MR) is 109 cm³/mol. The normalized spacial score (nSPS) is 16.7. The quantitative estimate of drug-likeness (QED) is 0.794. The molecule has 1 fully saturated rings. The van der Waals surface area contributed by atoms with Crippen LogP contribution in [0, 0.1) is 18.8 Å². The van der Waals surface area contributed by atoms with Gasteiger partial charge in [-0.1, -0.05) is 46.6 Å². The minimum atomic E-state index is -3.58. The summed E-state index contributed by atoms with van der Waals surface area (Å²) in [6.45, 7) is 11.2. The van der Waals surface area contributed by atoms with E-state index in [9.17, 15) is 13.2 Å². The molecule has 27 heavy (non-hydrogen) atoms. The molecule has 2 rings (SSSR count). The first-order valence-electron chi connectivity index (χ1n) is 10.1. The van der Waals surface area contributed by atoms with Crippen LogP contribution in [0.25, 0.3) is 0 Å². The van der Waals surface area contributed by atoms with Crippen LogP contribution in [0.3, 0.4) is 0 Å². The van der Waals surface area contributed by atoms with E-state index in [0.29, 0.717) is 36.1 Å². The van der Waals surface area contributed by atoms with Crippen LogP contribution in [-0.2, 0) is 10.0 Å². The molecule has 1 aliphatic heterocycles. The Kier molecular flexibility index (Phi) is 7.46. The highest BCUT2D eigenvalue weighted by atomic mass is 32.2. The van der Waals surface area contributed by atoms with E-state index in [1.54, 1.807) is 29.4 Å². The molecular formula is C21H34N2O3S. The van der Waals surface area contributed by atoms with Crippen molar-refractivity contribution in [1.29, 1.82) is 0 Å². The van der Waals surface area contributed by atoms with E-state index in [-0.39, 0.29) is 16.8 Å². The van der Waals surface area contributed by atoms with E-state index >= 15 is 0 Å². The fourth-order valence-corrected chi connectivity index (χ4v) is 5.55. The van der Waals surface area contributed by atoms with Crippen molar-refractivity contribution in [3.05, 3.63) is 29.3 Å². The van der Waals surface area contributed by atoms with E-state index in [1.165, 1.54) is 0 Å². The summed E-state index contributed by atoms with van der Waals surface area (Å²) < 4.78 is 27.9. The van der Waals surface area contributed by atoms with Crippen molar-refractivity contribution in [1.82, 2.24) is 9.62 Å². The van der Waals surface area contributed by atoms with Crippen molar-refractivity contribution in [2.45, 2.75) is 71.2 Å². The number of hydrogen-bond donors (Lipinski definition) is 1. The average molecular weight is 395 g/mol. The summed E-state index contributed by atoms with van der Waals surface area (Å²) in [5.41, 5.74) is 1.08. The standard InChI is InChI=1S/C21H34N2O3S/c1-15(2)20(16(3)4)22-21(24)18-11-10-17(5)19(14-18)27(25,26)23-12-8-6-7-9-13-23/h10-11,14-16,20H,6-9,12-13H2,1-5H3,(H,22,24). The monoisotopic (exact) mass is 394 g/mol. The van der Waals surface area contributed by atoms with Gasteiger partial charge < -0.3 is 5.32 Å². The minimum absolute atomic E-state index is 0.0458. The third kappa shape index (κ3) is 5.32. The maximum absolute atomic E-state index is 13.2. The Morgan fingerprint density at radius 2 is 1.56 bits per heavy atom. The van der Waals surface area contributed by atoms with Crippen molar-refractivity contribution >= 4 is 15.9 Å². The van der Waals surface area contributed by atoms with E-state index in [0.717, 1.165) is 25.7 Å². The number of hydrogen-bond acceptors (Lipinski definition) is 3. The van der Waals surface area contributed by atoms with Gasteiger partial charge in [0, 0.05) is 24.7 Å². The molecular weight excluding hydrogens is 360 g/mol. The van der Waals surface area contributed by atoms with E-state index < -0.39 is 10.0 Å². The van der Waals surface area contributed by atoms with Gasteiger partial charge in [-0.2, -0.15) is 4.31 Å². The van der Waals surface area contributed by atoms with Crippen molar-refractivity contribution < 1.29 is 13.2 Å². The topological polar surface area (TPSA) is 66.5 Å². The molecule has 0 aromatic heterocycles. The van der Waals surface area contributed by atoms with Crippen molar-refractivity contribution in [2.75, 3.05) is 13.1 Å². The van der Waals surface area contributed by atoms with Crippen LogP contribution in [-0.4, -0.2) is 37.8 Å².